The predicted molar refractivity (Wildman–Crippen MR) is 86.6 cm³/mol. The fourth-order valence-electron chi connectivity index (χ4n) is 2.55. The summed E-state index contributed by atoms with van der Waals surface area (Å²) in [5.74, 6) is 0. The van der Waals surface area contributed by atoms with E-state index in [-0.39, 0.29) is 11.5 Å². The summed E-state index contributed by atoms with van der Waals surface area (Å²) >= 11 is 0. The van der Waals surface area contributed by atoms with Crippen molar-refractivity contribution in [2.24, 2.45) is 5.16 Å². The maximum atomic E-state index is 5.62. The van der Waals surface area contributed by atoms with Crippen LogP contribution in [0.1, 0.15) is 50.0 Å². The highest BCUT2D eigenvalue weighted by Crippen LogP contribution is 2.31. The van der Waals surface area contributed by atoms with Gasteiger partial charge in [0.2, 0.25) is 0 Å². The quantitative estimate of drug-likeness (QED) is 0.770. The van der Waals surface area contributed by atoms with E-state index >= 15 is 0 Å². The van der Waals surface area contributed by atoms with Crippen molar-refractivity contribution < 1.29 is 4.84 Å². The van der Waals surface area contributed by atoms with Crippen LogP contribution in [0.15, 0.2) is 59.8 Å². The molecule has 1 unspecified atom stereocenters. The molecular weight excluding hydrogens is 258 g/mol. The molecule has 3 rings (SSSR count). The number of hydrogen-bond donors (Lipinski definition) is 0. The van der Waals surface area contributed by atoms with E-state index in [2.05, 4.69) is 62.3 Å². The van der Waals surface area contributed by atoms with Gasteiger partial charge in [-0.15, -0.1) is 0 Å². The molecule has 108 valence electrons. The van der Waals surface area contributed by atoms with E-state index in [1.807, 2.05) is 18.2 Å². The van der Waals surface area contributed by atoms with Gasteiger partial charge in [0.15, 0.2) is 6.10 Å². The number of oxime groups is 1. The molecule has 0 saturated heterocycles. The maximum Gasteiger partial charge on any atom is 0.158 e. The molecule has 0 fully saturated rings. The highest BCUT2D eigenvalue weighted by molar-refractivity contribution is 6.01. The third kappa shape index (κ3) is 2.99. The lowest BCUT2D eigenvalue weighted by molar-refractivity contribution is 0.0857. The van der Waals surface area contributed by atoms with Crippen LogP contribution in [0.3, 0.4) is 0 Å². The van der Waals surface area contributed by atoms with Gasteiger partial charge in [-0.25, -0.2) is 0 Å². The van der Waals surface area contributed by atoms with Gasteiger partial charge in [0, 0.05) is 6.42 Å². The van der Waals surface area contributed by atoms with Crippen LogP contribution in [0.2, 0.25) is 0 Å². The molecule has 1 atom stereocenters. The zero-order valence-electron chi connectivity index (χ0n) is 12.8. The van der Waals surface area contributed by atoms with Crippen molar-refractivity contribution in [2.75, 3.05) is 0 Å². The molecule has 0 amide bonds. The Kier molecular flexibility index (Phi) is 3.54. The summed E-state index contributed by atoms with van der Waals surface area (Å²) in [6.45, 7) is 6.68. The Bertz CT molecular complexity index is 636. The molecule has 0 aliphatic carbocycles. The summed E-state index contributed by atoms with van der Waals surface area (Å²) in [6.07, 6.45) is 0.869. The monoisotopic (exact) mass is 279 g/mol. The van der Waals surface area contributed by atoms with Gasteiger partial charge in [0.05, 0.1) is 5.71 Å². The number of rotatable bonds is 2. The maximum absolute atomic E-state index is 5.62. The van der Waals surface area contributed by atoms with Crippen LogP contribution < -0.4 is 0 Å². The second kappa shape index (κ2) is 5.36. The Hall–Kier alpha value is -2.09. The topological polar surface area (TPSA) is 21.6 Å². The van der Waals surface area contributed by atoms with E-state index in [1.54, 1.807) is 0 Å². The molecule has 1 heterocycles. The van der Waals surface area contributed by atoms with Gasteiger partial charge < -0.3 is 4.84 Å². The largest absolute Gasteiger partial charge is 0.387 e. The minimum absolute atomic E-state index is 0.0363. The highest BCUT2D eigenvalue weighted by atomic mass is 16.6. The molecule has 21 heavy (non-hydrogen) atoms. The molecule has 0 N–H and O–H groups in total. The first kappa shape index (κ1) is 13.9. The average Bonchev–Trinajstić information content (AvgIpc) is 2.97. The summed E-state index contributed by atoms with van der Waals surface area (Å²) in [5, 5.41) is 4.25. The normalized spacial score (nSPS) is 18.2. The van der Waals surface area contributed by atoms with Crippen molar-refractivity contribution in [2.45, 2.75) is 38.7 Å². The lowest BCUT2D eigenvalue weighted by atomic mass is 9.86. The van der Waals surface area contributed by atoms with Gasteiger partial charge in [0.1, 0.15) is 0 Å². The molecule has 1 aliphatic heterocycles. The van der Waals surface area contributed by atoms with Gasteiger partial charge in [-0.3, -0.25) is 0 Å². The number of nitrogens with zero attached hydrogens (tertiary/aromatic N) is 1. The van der Waals surface area contributed by atoms with Crippen LogP contribution in [0, 0.1) is 0 Å². The van der Waals surface area contributed by atoms with E-state index in [4.69, 9.17) is 4.84 Å². The Labute approximate surface area is 126 Å². The zero-order valence-corrected chi connectivity index (χ0v) is 12.8. The molecule has 2 heteroatoms. The summed E-state index contributed by atoms with van der Waals surface area (Å²) < 4.78 is 0. The zero-order chi connectivity index (χ0) is 14.9. The number of benzene rings is 2. The Morgan fingerprint density at radius 3 is 2.24 bits per heavy atom. The Morgan fingerprint density at radius 2 is 1.62 bits per heavy atom. The molecule has 0 saturated carbocycles. The average molecular weight is 279 g/mol. The predicted octanol–water partition coefficient (Wildman–Crippen LogP) is 4.85. The van der Waals surface area contributed by atoms with Crippen LogP contribution in [-0.2, 0) is 10.3 Å². The molecule has 2 aromatic carbocycles. The standard InChI is InChI=1S/C19H21NO/c1-19(2,3)16-11-9-15(10-12-16)18-13-17(20-21-18)14-7-5-4-6-8-14/h4-12,18H,13H2,1-3H3. The van der Waals surface area contributed by atoms with Crippen LogP contribution in [0.5, 0.6) is 0 Å². The smallest absolute Gasteiger partial charge is 0.158 e. The SMILES string of the molecule is CC(C)(C)c1ccc(C2CC(c3ccccc3)=NO2)cc1. The van der Waals surface area contributed by atoms with Gasteiger partial charge in [-0.1, -0.05) is 80.5 Å². The Balaban J connectivity index is 1.73. The highest BCUT2D eigenvalue weighted by Gasteiger charge is 2.24. The molecule has 2 aromatic rings. The second-order valence-electron chi connectivity index (χ2n) is 6.57. The van der Waals surface area contributed by atoms with Crippen molar-refractivity contribution in [3.05, 3.63) is 71.3 Å². The van der Waals surface area contributed by atoms with E-state index in [0.717, 1.165) is 17.7 Å². The van der Waals surface area contributed by atoms with Gasteiger partial charge >= 0.3 is 0 Å². The van der Waals surface area contributed by atoms with Crippen LogP contribution >= 0.6 is 0 Å². The van der Waals surface area contributed by atoms with E-state index in [0.29, 0.717) is 0 Å². The lowest BCUT2D eigenvalue weighted by Crippen LogP contribution is -2.11. The van der Waals surface area contributed by atoms with Crippen molar-refractivity contribution >= 4 is 5.71 Å². The minimum Gasteiger partial charge on any atom is -0.387 e. The minimum atomic E-state index is 0.0363. The summed E-state index contributed by atoms with van der Waals surface area (Å²) in [7, 11) is 0. The molecule has 0 aromatic heterocycles. The Morgan fingerprint density at radius 1 is 0.952 bits per heavy atom. The van der Waals surface area contributed by atoms with E-state index < -0.39 is 0 Å². The molecule has 2 nitrogen and oxygen atoms in total. The first-order valence-corrected chi connectivity index (χ1v) is 7.42. The van der Waals surface area contributed by atoms with Crippen LogP contribution in [0.25, 0.3) is 0 Å². The van der Waals surface area contributed by atoms with Crippen LogP contribution in [-0.4, -0.2) is 5.71 Å². The van der Waals surface area contributed by atoms with Crippen molar-refractivity contribution in [1.82, 2.24) is 0 Å². The molecule has 0 radical (unpaired) electrons. The molecule has 0 bridgehead atoms. The van der Waals surface area contributed by atoms with Crippen molar-refractivity contribution in [1.29, 1.82) is 0 Å². The van der Waals surface area contributed by atoms with Crippen LogP contribution in [0.4, 0.5) is 0 Å². The third-order valence-electron chi connectivity index (χ3n) is 3.92. The van der Waals surface area contributed by atoms with E-state index in [9.17, 15) is 0 Å². The van der Waals surface area contributed by atoms with Gasteiger partial charge in [0.25, 0.3) is 0 Å². The molecule has 1 aliphatic rings. The third-order valence-corrected chi connectivity index (χ3v) is 3.92. The summed E-state index contributed by atoms with van der Waals surface area (Å²) in [6, 6.07) is 18.9. The van der Waals surface area contributed by atoms with Crippen molar-refractivity contribution in [3.8, 4) is 0 Å². The fraction of sp³-hybridized carbons (Fsp3) is 0.316. The second-order valence-corrected chi connectivity index (χ2v) is 6.57. The lowest BCUT2D eigenvalue weighted by Gasteiger charge is -2.19. The van der Waals surface area contributed by atoms with Crippen molar-refractivity contribution in [3.63, 3.8) is 0 Å². The first-order chi connectivity index (χ1) is 10.0. The fourth-order valence-corrected chi connectivity index (χ4v) is 2.55. The molecular formula is C19H21NO. The molecule has 0 spiro atoms. The summed E-state index contributed by atoms with van der Waals surface area (Å²) in [4.78, 5) is 5.62. The van der Waals surface area contributed by atoms with Gasteiger partial charge in [-0.05, 0) is 22.1 Å². The number of hydrogen-bond acceptors (Lipinski definition) is 2. The first-order valence-electron chi connectivity index (χ1n) is 7.42. The van der Waals surface area contributed by atoms with E-state index in [1.165, 1.54) is 11.1 Å². The summed E-state index contributed by atoms with van der Waals surface area (Å²) in [5.41, 5.74) is 4.89. The van der Waals surface area contributed by atoms with Gasteiger partial charge in [-0.2, -0.15) is 0 Å².